The minimum Gasteiger partial charge on any atom is -0.372 e. The molecular weight excluding hydrogens is 260 g/mol. The lowest BCUT2D eigenvalue weighted by atomic mass is 10.2. The van der Waals surface area contributed by atoms with Crippen molar-refractivity contribution >= 4 is 33.0 Å². The van der Waals surface area contributed by atoms with E-state index in [1.54, 1.807) is 12.1 Å². The van der Waals surface area contributed by atoms with E-state index in [2.05, 4.69) is 23.5 Å². The van der Waals surface area contributed by atoms with Gasteiger partial charge in [0.1, 0.15) is 5.21 Å². The van der Waals surface area contributed by atoms with Gasteiger partial charge in [0.15, 0.2) is 0 Å². The molecular formula is C11H17ClN2O2S. The van der Waals surface area contributed by atoms with Crippen molar-refractivity contribution in [3.63, 3.8) is 0 Å². The fourth-order valence-corrected chi connectivity index (χ4v) is 2.25. The number of rotatable bonds is 6. The molecule has 0 aliphatic rings. The molecule has 0 bridgehead atoms. The molecule has 0 unspecified atom stereocenters. The third-order valence-electron chi connectivity index (χ3n) is 2.41. The van der Waals surface area contributed by atoms with Gasteiger partial charge in [0.2, 0.25) is 10.0 Å². The van der Waals surface area contributed by atoms with Gasteiger partial charge in [-0.2, -0.15) is 0 Å². The lowest BCUT2D eigenvalue weighted by Gasteiger charge is -2.21. The highest BCUT2D eigenvalue weighted by Crippen LogP contribution is 2.18. The lowest BCUT2D eigenvalue weighted by Crippen LogP contribution is -2.21. The number of benzene rings is 1. The normalized spacial score (nSPS) is 11.2. The van der Waals surface area contributed by atoms with Crippen LogP contribution in [-0.4, -0.2) is 26.7 Å². The fourth-order valence-electron chi connectivity index (χ4n) is 1.54. The lowest BCUT2D eigenvalue weighted by molar-refractivity contribution is 0.605. The van der Waals surface area contributed by atoms with Crippen LogP contribution in [0, 0.1) is 0 Å². The van der Waals surface area contributed by atoms with Crippen molar-refractivity contribution in [1.29, 1.82) is 0 Å². The highest BCUT2D eigenvalue weighted by Gasteiger charge is 2.08. The van der Waals surface area contributed by atoms with Crippen molar-refractivity contribution < 1.29 is 8.42 Å². The Labute approximate surface area is 108 Å². The van der Waals surface area contributed by atoms with Crippen molar-refractivity contribution in [3.05, 3.63) is 24.3 Å². The maximum absolute atomic E-state index is 11.2. The van der Waals surface area contributed by atoms with E-state index in [0.29, 0.717) is 5.69 Å². The predicted molar refractivity (Wildman–Crippen MR) is 73.3 cm³/mol. The summed E-state index contributed by atoms with van der Waals surface area (Å²) >= 11 is 5.31. The van der Waals surface area contributed by atoms with Crippen molar-refractivity contribution in [2.24, 2.45) is 0 Å². The van der Waals surface area contributed by atoms with Gasteiger partial charge in [0.25, 0.3) is 0 Å². The second kappa shape index (κ2) is 6.12. The van der Waals surface area contributed by atoms with E-state index >= 15 is 0 Å². The maximum atomic E-state index is 11.2. The van der Waals surface area contributed by atoms with Gasteiger partial charge in [-0.25, -0.2) is 8.42 Å². The smallest absolute Gasteiger partial charge is 0.246 e. The topological polar surface area (TPSA) is 49.4 Å². The number of sulfonamides is 1. The molecule has 1 aromatic carbocycles. The summed E-state index contributed by atoms with van der Waals surface area (Å²) in [5.74, 6) is 0. The SMILES string of the molecule is CCN(CC)c1ccc(NS(=O)(=O)CCl)cc1. The molecule has 96 valence electrons. The van der Waals surface area contributed by atoms with Crippen LogP contribution in [0.1, 0.15) is 13.8 Å². The number of hydrogen-bond donors (Lipinski definition) is 1. The Morgan fingerprint density at radius 1 is 1.18 bits per heavy atom. The van der Waals surface area contributed by atoms with Gasteiger partial charge in [-0.15, -0.1) is 11.6 Å². The number of alkyl halides is 1. The van der Waals surface area contributed by atoms with Crippen LogP contribution < -0.4 is 9.62 Å². The largest absolute Gasteiger partial charge is 0.372 e. The highest BCUT2D eigenvalue weighted by atomic mass is 35.5. The number of nitrogens with zero attached hydrogens (tertiary/aromatic N) is 1. The summed E-state index contributed by atoms with van der Waals surface area (Å²) in [6.45, 7) is 5.99. The summed E-state index contributed by atoms with van der Waals surface area (Å²) < 4.78 is 24.9. The first-order valence-electron chi connectivity index (χ1n) is 5.44. The zero-order valence-corrected chi connectivity index (χ0v) is 11.6. The summed E-state index contributed by atoms with van der Waals surface area (Å²) in [7, 11) is -3.41. The zero-order chi connectivity index (χ0) is 12.9. The van der Waals surface area contributed by atoms with Crippen molar-refractivity contribution in [1.82, 2.24) is 0 Å². The van der Waals surface area contributed by atoms with Gasteiger partial charge in [0, 0.05) is 24.5 Å². The summed E-state index contributed by atoms with van der Waals surface area (Å²) in [6, 6.07) is 7.24. The van der Waals surface area contributed by atoms with E-state index in [4.69, 9.17) is 11.6 Å². The van der Waals surface area contributed by atoms with Crippen molar-refractivity contribution in [2.75, 3.05) is 27.9 Å². The minimum absolute atomic E-state index is 0.440. The van der Waals surface area contributed by atoms with Crippen LogP contribution in [-0.2, 0) is 10.0 Å². The van der Waals surface area contributed by atoms with E-state index in [0.717, 1.165) is 18.8 Å². The van der Waals surface area contributed by atoms with E-state index in [1.165, 1.54) is 0 Å². The molecule has 17 heavy (non-hydrogen) atoms. The highest BCUT2D eigenvalue weighted by molar-refractivity contribution is 7.93. The molecule has 1 aromatic rings. The van der Waals surface area contributed by atoms with E-state index < -0.39 is 15.2 Å². The van der Waals surface area contributed by atoms with Crippen LogP contribution in [0.25, 0.3) is 0 Å². The minimum atomic E-state index is -3.41. The molecule has 0 saturated carbocycles. The molecule has 0 aliphatic heterocycles. The van der Waals surface area contributed by atoms with Gasteiger partial charge >= 0.3 is 0 Å². The molecule has 0 fully saturated rings. The average Bonchev–Trinajstić information content (AvgIpc) is 2.32. The van der Waals surface area contributed by atoms with Gasteiger partial charge in [0.05, 0.1) is 0 Å². The first kappa shape index (κ1) is 14.1. The number of hydrogen-bond acceptors (Lipinski definition) is 3. The van der Waals surface area contributed by atoms with Crippen LogP contribution >= 0.6 is 11.6 Å². The maximum Gasteiger partial charge on any atom is 0.246 e. The third-order valence-corrected chi connectivity index (χ3v) is 4.11. The molecule has 1 N–H and O–H groups in total. The fraction of sp³-hybridized carbons (Fsp3) is 0.455. The molecule has 6 heteroatoms. The van der Waals surface area contributed by atoms with E-state index in [1.807, 2.05) is 12.1 Å². The van der Waals surface area contributed by atoms with Gasteiger partial charge in [-0.3, -0.25) is 4.72 Å². The summed E-state index contributed by atoms with van der Waals surface area (Å²) in [5, 5.41) is -0.440. The quantitative estimate of drug-likeness (QED) is 0.812. The second-order valence-electron chi connectivity index (χ2n) is 3.55. The number of anilines is 2. The Morgan fingerprint density at radius 3 is 2.12 bits per heavy atom. The number of nitrogens with one attached hydrogen (secondary N) is 1. The predicted octanol–water partition coefficient (Wildman–Crippen LogP) is 2.47. The third kappa shape index (κ3) is 4.09. The summed E-state index contributed by atoms with van der Waals surface area (Å²) in [5.41, 5.74) is 1.60. The van der Waals surface area contributed by atoms with Crippen molar-refractivity contribution in [2.45, 2.75) is 13.8 Å². The van der Waals surface area contributed by atoms with Crippen LogP contribution in [0.5, 0.6) is 0 Å². The Bertz CT molecular complexity index is 441. The van der Waals surface area contributed by atoms with Gasteiger partial charge < -0.3 is 4.90 Å². The first-order valence-corrected chi connectivity index (χ1v) is 7.62. The van der Waals surface area contributed by atoms with Gasteiger partial charge in [-0.1, -0.05) is 0 Å². The van der Waals surface area contributed by atoms with Crippen LogP contribution in [0.2, 0.25) is 0 Å². The second-order valence-corrected chi connectivity index (χ2v) is 5.85. The van der Waals surface area contributed by atoms with Gasteiger partial charge in [-0.05, 0) is 38.1 Å². The molecule has 0 atom stereocenters. The standard InChI is InChI=1S/C11H17ClN2O2S/c1-3-14(4-2)11-7-5-10(6-8-11)13-17(15,16)9-12/h5-8,13H,3-4,9H2,1-2H3. The Balaban J connectivity index is 2.81. The molecule has 0 aliphatic carbocycles. The van der Waals surface area contributed by atoms with Crippen LogP contribution in [0.4, 0.5) is 11.4 Å². The van der Waals surface area contributed by atoms with Crippen LogP contribution in [0.15, 0.2) is 24.3 Å². The molecule has 0 aromatic heterocycles. The average molecular weight is 277 g/mol. The Morgan fingerprint density at radius 2 is 1.71 bits per heavy atom. The molecule has 0 saturated heterocycles. The number of halogens is 1. The Hall–Kier alpha value is -0.940. The van der Waals surface area contributed by atoms with E-state index in [9.17, 15) is 8.42 Å². The monoisotopic (exact) mass is 276 g/mol. The first-order chi connectivity index (χ1) is 8.02. The molecule has 0 spiro atoms. The molecule has 0 amide bonds. The zero-order valence-electron chi connectivity index (χ0n) is 9.98. The molecule has 0 heterocycles. The van der Waals surface area contributed by atoms with E-state index in [-0.39, 0.29) is 0 Å². The molecule has 1 rings (SSSR count). The summed E-state index contributed by atoms with van der Waals surface area (Å²) in [6.07, 6.45) is 0. The Kier molecular flexibility index (Phi) is 5.08. The molecule has 4 nitrogen and oxygen atoms in total. The summed E-state index contributed by atoms with van der Waals surface area (Å²) in [4.78, 5) is 2.18. The van der Waals surface area contributed by atoms with Crippen molar-refractivity contribution in [3.8, 4) is 0 Å². The van der Waals surface area contributed by atoms with Crippen LogP contribution in [0.3, 0.4) is 0 Å². The molecule has 0 radical (unpaired) electrons.